The van der Waals surface area contributed by atoms with Crippen LogP contribution >= 0.6 is 27.5 Å². The van der Waals surface area contributed by atoms with Crippen molar-refractivity contribution in [1.82, 2.24) is 10.2 Å². The van der Waals surface area contributed by atoms with Crippen LogP contribution in [0.3, 0.4) is 0 Å². The average Bonchev–Trinajstić information content (AvgIpc) is 2.47. The maximum atomic E-state index is 12.8. The van der Waals surface area contributed by atoms with Gasteiger partial charge in [-0.25, -0.2) is 0 Å². The summed E-state index contributed by atoms with van der Waals surface area (Å²) in [5.41, 5.74) is 0.696. The van der Waals surface area contributed by atoms with Crippen molar-refractivity contribution in [2.75, 3.05) is 26.2 Å². The van der Waals surface area contributed by atoms with Gasteiger partial charge in [0.1, 0.15) is 0 Å². The third-order valence-electron chi connectivity index (χ3n) is 3.88. The highest BCUT2D eigenvalue weighted by molar-refractivity contribution is 9.10. The maximum absolute atomic E-state index is 12.8. The molecule has 1 N–H and O–H groups in total. The van der Waals surface area contributed by atoms with Gasteiger partial charge in [-0.2, -0.15) is 0 Å². The topological polar surface area (TPSA) is 32.3 Å². The van der Waals surface area contributed by atoms with Gasteiger partial charge in [0.2, 0.25) is 0 Å². The van der Waals surface area contributed by atoms with Gasteiger partial charge in [0.05, 0.1) is 5.56 Å². The smallest absolute Gasteiger partial charge is 0.255 e. The van der Waals surface area contributed by atoms with Gasteiger partial charge in [-0.3, -0.25) is 4.79 Å². The lowest BCUT2D eigenvalue weighted by Gasteiger charge is -2.30. The predicted octanol–water partition coefficient (Wildman–Crippen LogP) is 3.95. The molecule has 1 aliphatic heterocycles. The molecule has 1 saturated heterocycles. The van der Waals surface area contributed by atoms with E-state index in [0.29, 0.717) is 16.5 Å². The number of rotatable bonds is 5. The maximum Gasteiger partial charge on any atom is 0.255 e. The fraction of sp³-hybridized carbons (Fsp3) is 0.562. The largest absolute Gasteiger partial charge is 0.338 e. The van der Waals surface area contributed by atoms with E-state index in [0.717, 1.165) is 49.9 Å². The lowest BCUT2D eigenvalue weighted by atomic mass is 9.97. The molecule has 0 aliphatic carbocycles. The van der Waals surface area contributed by atoms with Gasteiger partial charge in [-0.05, 0) is 72.4 Å². The second-order valence-electron chi connectivity index (χ2n) is 5.57. The van der Waals surface area contributed by atoms with Gasteiger partial charge in [0, 0.05) is 22.6 Å². The number of nitrogens with one attached hydrogen (secondary N) is 1. The Morgan fingerprint density at radius 1 is 1.43 bits per heavy atom. The Morgan fingerprint density at radius 3 is 2.76 bits per heavy atom. The van der Waals surface area contributed by atoms with Crippen molar-refractivity contribution in [2.45, 2.75) is 26.2 Å². The molecule has 1 aromatic rings. The molecule has 0 unspecified atom stereocenters. The van der Waals surface area contributed by atoms with Gasteiger partial charge >= 0.3 is 0 Å². The summed E-state index contributed by atoms with van der Waals surface area (Å²) in [5, 5.41) is 4.01. The summed E-state index contributed by atoms with van der Waals surface area (Å²) in [7, 11) is 0. The first-order valence-electron chi connectivity index (χ1n) is 7.57. The van der Waals surface area contributed by atoms with Crippen molar-refractivity contribution in [3.05, 3.63) is 33.3 Å². The Balaban J connectivity index is 2.10. The van der Waals surface area contributed by atoms with Crippen molar-refractivity contribution in [2.24, 2.45) is 5.92 Å². The van der Waals surface area contributed by atoms with Gasteiger partial charge < -0.3 is 10.2 Å². The SMILES string of the molecule is CCCN(CC1CCNCC1)C(=O)c1ccc(Cl)cc1Br. The van der Waals surface area contributed by atoms with Crippen LogP contribution in [0.4, 0.5) is 0 Å². The molecule has 2 rings (SSSR count). The van der Waals surface area contributed by atoms with Crippen molar-refractivity contribution in [3.63, 3.8) is 0 Å². The molecule has 21 heavy (non-hydrogen) atoms. The Labute approximate surface area is 140 Å². The van der Waals surface area contributed by atoms with Crippen LogP contribution in [0.1, 0.15) is 36.5 Å². The van der Waals surface area contributed by atoms with Crippen LogP contribution in [-0.4, -0.2) is 37.0 Å². The summed E-state index contributed by atoms with van der Waals surface area (Å²) in [5.74, 6) is 0.701. The molecule has 1 aromatic carbocycles. The standard InChI is InChI=1S/C16H22BrClN2O/c1-2-9-20(11-12-5-7-19-8-6-12)16(21)14-4-3-13(18)10-15(14)17/h3-4,10,12,19H,2,5-9,11H2,1H3. The highest BCUT2D eigenvalue weighted by Gasteiger charge is 2.22. The number of benzene rings is 1. The zero-order valence-electron chi connectivity index (χ0n) is 12.4. The predicted molar refractivity (Wildman–Crippen MR) is 90.9 cm³/mol. The van der Waals surface area contributed by atoms with E-state index in [-0.39, 0.29) is 5.91 Å². The number of carbonyl (C=O) groups is 1. The number of hydrogen-bond donors (Lipinski definition) is 1. The van der Waals surface area contributed by atoms with E-state index in [4.69, 9.17) is 11.6 Å². The van der Waals surface area contributed by atoms with E-state index in [1.807, 2.05) is 4.90 Å². The number of carbonyl (C=O) groups excluding carboxylic acids is 1. The van der Waals surface area contributed by atoms with Crippen LogP contribution in [-0.2, 0) is 0 Å². The van der Waals surface area contributed by atoms with Crippen LogP contribution in [0.25, 0.3) is 0 Å². The van der Waals surface area contributed by atoms with Gasteiger partial charge in [-0.1, -0.05) is 18.5 Å². The number of amides is 1. The molecule has 0 spiro atoms. The summed E-state index contributed by atoms with van der Waals surface area (Å²) in [4.78, 5) is 14.8. The molecule has 0 bridgehead atoms. The summed E-state index contributed by atoms with van der Waals surface area (Å²) in [6, 6.07) is 5.36. The Kier molecular flexibility index (Phi) is 6.52. The van der Waals surface area contributed by atoms with E-state index < -0.39 is 0 Å². The molecule has 3 nitrogen and oxygen atoms in total. The Bertz CT molecular complexity index is 489. The third-order valence-corrected chi connectivity index (χ3v) is 4.77. The van der Waals surface area contributed by atoms with Crippen LogP contribution in [0, 0.1) is 5.92 Å². The molecule has 116 valence electrons. The first-order chi connectivity index (χ1) is 10.1. The molecule has 0 radical (unpaired) electrons. The zero-order chi connectivity index (χ0) is 15.2. The normalized spacial score (nSPS) is 16.0. The number of nitrogens with zero attached hydrogens (tertiary/aromatic N) is 1. The highest BCUT2D eigenvalue weighted by atomic mass is 79.9. The minimum atomic E-state index is 0.0962. The van der Waals surface area contributed by atoms with Crippen molar-refractivity contribution < 1.29 is 4.79 Å². The minimum absolute atomic E-state index is 0.0962. The Hall–Kier alpha value is -0.580. The number of hydrogen-bond acceptors (Lipinski definition) is 2. The molecule has 1 fully saturated rings. The van der Waals surface area contributed by atoms with E-state index in [1.54, 1.807) is 18.2 Å². The van der Waals surface area contributed by atoms with Gasteiger partial charge in [0.25, 0.3) is 5.91 Å². The lowest BCUT2D eigenvalue weighted by Crippen LogP contribution is -2.39. The summed E-state index contributed by atoms with van der Waals surface area (Å²) >= 11 is 9.41. The summed E-state index contributed by atoms with van der Waals surface area (Å²) < 4.78 is 0.770. The van der Waals surface area contributed by atoms with Crippen molar-refractivity contribution >= 4 is 33.4 Å². The fourth-order valence-corrected chi connectivity index (χ4v) is 3.61. The summed E-state index contributed by atoms with van der Waals surface area (Å²) in [6.07, 6.45) is 3.27. The number of piperidine rings is 1. The Morgan fingerprint density at radius 2 is 2.14 bits per heavy atom. The lowest BCUT2D eigenvalue weighted by molar-refractivity contribution is 0.0715. The van der Waals surface area contributed by atoms with Crippen LogP contribution in [0.5, 0.6) is 0 Å². The quantitative estimate of drug-likeness (QED) is 0.847. The van der Waals surface area contributed by atoms with Crippen molar-refractivity contribution in [1.29, 1.82) is 0 Å². The molecule has 5 heteroatoms. The zero-order valence-corrected chi connectivity index (χ0v) is 14.7. The monoisotopic (exact) mass is 372 g/mol. The molecule has 1 heterocycles. The van der Waals surface area contributed by atoms with Crippen LogP contribution in [0.15, 0.2) is 22.7 Å². The summed E-state index contributed by atoms with van der Waals surface area (Å²) in [6.45, 7) is 5.88. The van der Waals surface area contributed by atoms with Crippen LogP contribution in [0.2, 0.25) is 5.02 Å². The highest BCUT2D eigenvalue weighted by Crippen LogP contribution is 2.24. The van der Waals surface area contributed by atoms with E-state index in [9.17, 15) is 4.79 Å². The molecule has 0 atom stereocenters. The van der Waals surface area contributed by atoms with Crippen molar-refractivity contribution in [3.8, 4) is 0 Å². The van der Waals surface area contributed by atoms with E-state index in [2.05, 4.69) is 28.2 Å². The first-order valence-corrected chi connectivity index (χ1v) is 8.74. The number of halogens is 2. The molecule has 0 saturated carbocycles. The fourth-order valence-electron chi connectivity index (χ4n) is 2.75. The van der Waals surface area contributed by atoms with Crippen LogP contribution < -0.4 is 5.32 Å². The van der Waals surface area contributed by atoms with Gasteiger partial charge in [0.15, 0.2) is 0 Å². The van der Waals surface area contributed by atoms with E-state index >= 15 is 0 Å². The minimum Gasteiger partial charge on any atom is -0.338 e. The van der Waals surface area contributed by atoms with Gasteiger partial charge in [-0.15, -0.1) is 0 Å². The second kappa shape index (κ2) is 8.16. The molecular weight excluding hydrogens is 352 g/mol. The average molecular weight is 374 g/mol. The molecular formula is C16H22BrClN2O. The molecule has 1 amide bonds. The molecule has 1 aliphatic rings. The third kappa shape index (κ3) is 4.70. The van der Waals surface area contributed by atoms with E-state index in [1.165, 1.54) is 0 Å². The molecule has 0 aromatic heterocycles. The first kappa shape index (κ1) is 16.8. The second-order valence-corrected chi connectivity index (χ2v) is 6.86.